The molecule has 104 valence electrons. The zero-order valence-electron chi connectivity index (χ0n) is 11.0. The molecule has 0 radical (unpaired) electrons. The van der Waals surface area contributed by atoms with Crippen LogP contribution in [0.15, 0.2) is 0 Å². The van der Waals surface area contributed by atoms with Gasteiger partial charge < -0.3 is 14.4 Å². The quantitative estimate of drug-likeness (QED) is 0.740. The molecule has 0 aliphatic carbocycles. The van der Waals surface area contributed by atoms with E-state index in [1.54, 1.807) is 14.0 Å². The molecule has 19 heavy (non-hydrogen) atoms. The second-order valence-corrected chi connectivity index (χ2v) is 5.03. The Balaban J connectivity index is 2.23. The Hall–Kier alpha value is -1.54. The van der Waals surface area contributed by atoms with Crippen LogP contribution in [-0.2, 0) is 14.3 Å². The fraction of sp³-hybridized carbons (Fsp3) is 0.636. The summed E-state index contributed by atoms with van der Waals surface area (Å²) in [5, 5.41) is 3.81. The predicted molar refractivity (Wildman–Crippen MR) is 66.9 cm³/mol. The van der Waals surface area contributed by atoms with Crippen molar-refractivity contribution in [3.05, 3.63) is 10.6 Å². The van der Waals surface area contributed by atoms with Crippen molar-refractivity contribution in [1.82, 2.24) is 14.5 Å². The number of ether oxygens (including phenoxy) is 2. The minimum Gasteiger partial charge on any atom is -0.467 e. The van der Waals surface area contributed by atoms with Crippen LogP contribution in [0.25, 0.3) is 0 Å². The Morgan fingerprint density at radius 1 is 1.42 bits per heavy atom. The van der Waals surface area contributed by atoms with E-state index >= 15 is 0 Å². The minimum absolute atomic E-state index is 0.158. The molecule has 2 atom stereocenters. The van der Waals surface area contributed by atoms with Crippen LogP contribution >= 0.6 is 11.5 Å². The van der Waals surface area contributed by atoms with Crippen molar-refractivity contribution in [2.75, 3.05) is 20.8 Å². The van der Waals surface area contributed by atoms with Gasteiger partial charge in [-0.05, 0) is 18.5 Å². The van der Waals surface area contributed by atoms with Crippen molar-refractivity contribution in [1.29, 1.82) is 0 Å². The Labute approximate surface area is 114 Å². The summed E-state index contributed by atoms with van der Waals surface area (Å²) in [5.41, 5.74) is 0.569. The number of nitrogens with zero attached hydrogens (tertiary/aromatic N) is 3. The van der Waals surface area contributed by atoms with Gasteiger partial charge in [-0.25, -0.2) is 4.79 Å². The van der Waals surface area contributed by atoms with Crippen LogP contribution in [0.1, 0.15) is 21.8 Å². The van der Waals surface area contributed by atoms with Gasteiger partial charge in [0.05, 0.1) is 18.9 Å². The fourth-order valence-electron chi connectivity index (χ4n) is 2.11. The molecule has 7 nitrogen and oxygen atoms in total. The molecule has 0 saturated carbocycles. The summed E-state index contributed by atoms with van der Waals surface area (Å²) >= 11 is 1.03. The van der Waals surface area contributed by atoms with Gasteiger partial charge in [0, 0.05) is 20.1 Å². The number of amides is 1. The molecule has 1 aliphatic heterocycles. The van der Waals surface area contributed by atoms with Crippen molar-refractivity contribution in [2.45, 2.75) is 25.5 Å². The topological polar surface area (TPSA) is 81.6 Å². The smallest absolute Gasteiger partial charge is 0.328 e. The first-order valence-corrected chi connectivity index (χ1v) is 6.56. The van der Waals surface area contributed by atoms with Gasteiger partial charge in [-0.1, -0.05) is 4.49 Å². The van der Waals surface area contributed by atoms with Gasteiger partial charge in [0.25, 0.3) is 5.91 Å². The summed E-state index contributed by atoms with van der Waals surface area (Å²) in [6, 6.07) is -0.607. The van der Waals surface area contributed by atoms with Crippen molar-refractivity contribution in [3.63, 3.8) is 0 Å². The molecule has 1 aliphatic rings. The molecule has 2 unspecified atom stereocenters. The van der Waals surface area contributed by atoms with Gasteiger partial charge in [0.2, 0.25) is 0 Å². The summed E-state index contributed by atoms with van der Waals surface area (Å²) in [6.45, 7) is 2.08. The predicted octanol–water partition coefficient (Wildman–Crippen LogP) is 0.249. The van der Waals surface area contributed by atoms with Gasteiger partial charge in [0.15, 0.2) is 0 Å². The average molecular weight is 285 g/mol. The zero-order chi connectivity index (χ0) is 14.0. The van der Waals surface area contributed by atoms with Crippen LogP contribution < -0.4 is 0 Å². The van der Waals surface area contributed by atoms with Crippen LogP contribution in [0, 0.1) is 6.92 Å². The molecule has 1 aromatic heterocycles. The van der Waals surface area contributed by atoms with E-state index in [1.165, 1.54) is 12.0 Å². The van der Waals surface area contributed by atoms with Crippen molar-refractivity contribution >= 4 is 23.4 Å². The van der Waals surface area contributed by atoms with Gasteiger partial charge in [0.1, 0.15) is 10.9 Å². The van der Waals surface area contributed by atoms with Crippen LogP contribution in [0.3, 0.4) is 0 Å². The van der Waals surface area contributed by atoms with E-state index in [4.69, 9.17) is 9.47 Å². The monoisotopic (exact) mass is 285 g/mol. The van der Waals surface area contributed by atoms with E-state index in [9.17, 15) is 9.59 Å². The van der Waals surface area contributed by atoms with Gasteiger partial charge in [-0.3, -0.25) is 4.79 Å². The molecule has 1 aromatic rings. The molecule has 1 fully saturated rings. The molecule has 8 heteroatoms. The lowest BCUT2D eigenvalue weighted by atomic mass is 10.2. The Morgan fingerprint density at radius 2 is 2.16 bits per heavy atom. The first-order valence-electron chi connectivity index (χ1n) is 5.79. The number of rotatable bonds is 3. The van der Waals surface area contributed by atoms with E-state index in [-0.39, 0.29) is 12.0 Å². The molecule has 1 amide bonds. The maximum Gasteiger partial charge on any atom is 0.328 e. The lowest BCUT2D eigenvalue weighted by Gasteiger charge is -2.21. The standard InChI is InChI=1S/C11H15N3O4S/c1-6-9(19-13-12-6)10(15)14-5-7(17-2)4-8(14)11(16)18-3/h7-8H,4-5H2,1-3H3. The molecular formula is C11H15N3O4S. The maximum atomic E-state index is 12.4. The highest BCUT2D eigenvalue weighted by molar-refractivity contribution is 7.07. The number of aromatic nitrogens is 2. The first-order chi connectivity index (χ1) is 9.08. The normalized spacial score (nSPS) is 22.6. The zero-order valence-corrected chi connectivity index (χ0v) is 11.8. The number of hydrogen-bond donors (Lipinski definition) is 0. The number of likely N-dealkylation sites (tertiary alicyclic amines) is 1. The molecule has 0 aromatic carbocycles. The van der Waals surface area contributed by atoms with E-state index in [2.05, 4.69) is 9.59 Å². The summed E-state index contributed by atoms with van der Waals surface area (Å²) in [4.78, 5) is 26.1. The van der Waals surface area contributed by atoms with Crippen molar-refractivity contribution in [3.8, 4) is 0 Å². The largest absolute Gasteiger partial charge is 0.467 e. The van der Waals surface area contributed by atoms with Crippen molar-refractivity contribution < 1.29 is 19.1 Å². The summed E-state index contributed by atoms with van der Waals surface area (Å²) in [5.74, 6) is -0.675. The Bertz CT molecular complexity index is 490. The number of hydrogen-bond acceptors (Lipinski definition) is 7. The first kappa shape index (κ1) is 13.9. The van der Waals surface area contributed by atoms with Crippen LogP contribution in [0.5, 0.6) is 0 Å². The van der Waals surface area contributed by atoms with E-state index < -0.39 is 12.0 Å². The lowest BCUT2D eigenvalue weighted by Crippen LogP contribution is -2.41. The molecule has 1 saturated heterocycles. The van der Waals surface area contributed by atoms with Crippen LogP contribution in [0.4, 0.5) is 0 Å². The molecule has 2 rings (SSSR count). The SMILES string of the molecule is COC(=O)C1CC(OC)CN1C(=O)c1snnc1C. The van der Waals surface area contributed by atoms with Crippen LogP contribution in [-0.4, -0.2) is 59.3 Å². The summed E-state index contributed by atoms with van der Waals surface area (Å²) in [7, 11) is 2.87. The molecule has 2 heterocycles. The second-order valence-electron chi connectivity index (χ2n) is 4.28. The Kier molecular flexibility index (Phi) is 4.11. The number of aryl methyl sites for hydroxylation is 1. The summed E-state index contributed by atoms with van der Waals surface area (Å²) < 4.78 is 13.7. The van der Waals surface area contributed by atoms with Crippen molar-refractivity contribution in [2.24, 2.45) is 0 Å². The van der Waals surface area contributed by atoms with E-state index in [0.29, 0.717) is 23.5 Å². The number of carbonyl (C=O) groups is 2. The van der Waals surface area contributed by atoms with Gasteiger partial charge in [-0.15, -0.1) is 5.10 Å². The summed E-state index contributed by atoms with van der Waals surface area (Å²) in [6.07, 6.45) is 0.287. The van der Waals surface area contributed by atoms with E-state index in [0.717, 1.165) is 11.5 Å². The molecule has 0 N–H and O–H groups in total. The molecule has 0 spiro atoms. The highest BCUT2D eigenvalue weighted by Crippen LogP contribution is 2.25. The number of carbonyl (C=O) groups excluding carboxylic acids is 2. The minimum atomic E-state index is -0.607. The third-order valence-corrected chi connectivity index (χ3v) is 3.99. The van der Waals surface area contributed by atoms with E-state index in [1.807, 2.05) is 0 Å². The van der Waals surface area contributed by atoms with Crippen LogP contribution in [0.2, 0.25) is 0 Å². The molecular weight excluding hydrogens is 270 g/mol. The third-order valence-electron chi connectivity index (χ3n) is 3.18. The number of esters is 1. The highest BCUT2D eigenvalue weighted by Gasteiger charge is 2.41. The fourth-order valence-corrected chi connectivity index (χ4v) is 2.72. The highest BCUT2D eigenvalue weighted by atomic mass is 32.1. The average Bonchev–Trinajstić information content (AvgIpc) is 3.03. The lowest BCUT2D eigenvalue weighted by molar-refractivity contribution is -0.145. The maximum absolute atomic E-state index is 12.4. The number of methoxy groups -OCH3 is 2. The second kappa shape index (κ2) is 5.62. The van der Waals surface area contributed by atoms with Gasteiger partial charge in [-0.2, -0.15) is 0 Å². The van der Waals surface area contributed by atoms with Gasteiger partial charge >= 0.3 is 5.97 Å². The third kappa shape index (κ3) is 2.59. The Morgan fingerprint density at radius 3 is 2.68 bits per heavy atom. The molecule has 0 bridgehead atoms.